The number of unbranched alkanes of at least 4 members (excludes halogenated alkanes) is 9. The van der Waals surface area contributed by atoms with Crippen LogP contribution >= 0.6 is 11.6 Å². The first kappa shape index (κ1) is 18.3. The molecule has 1 aliphatic rings. The molecule has 120 valence electrons. The van der Waals surface area contributed by atoms with Crippen molar-refractivity contribution in [2.75, 3.05) is 0 Å². The van der Waals surface area contributed by atoms with Crippen LogP contribution in [0.1, 0.15) is 104 Å². The zero-order valence-electron chi connectivity index (χ0n) is 14.0. The van der Waals surface area contributed by atoms with Gasteiger partial charge in [0, 0.05) is 5.38 Å². The molecule has 0 amide bonds. The molecule has 1 saturated carbocycles. The van der Waals surface area contributed by atoms with E-state index in [0.717, 1.165) is 11.8 Å². The van der Waals surface area contributed by atoms with Crippen molar-refractivity contribution in [3.63, 3.8) is 0 Å². The van der Waals surface area contributed by atoms with Crippen LogP contribution in [0.15, 0.2) is 0 Å². The molecule has 0 aromatic carbocycles. The summed E-state index contributed by atoms with van der Waals surface area (Å²) in [7, 11) is 0. The first-order valence-corrected chi connectivity index (χ1v) is 9.81. The van der Waals surface area contributed by atoms with Gasteiger partial charge in [-0.15, -0.1) is 11.6 Å². The van der Waals surface area contributed by atoms with Crippen LogP contribution in [-0.2, 0) is 0 Å². The van der Waals surface area contributed by atoms with Crippen LogP contribution in [0.4, 0.5) is 0 Å². The molecule has 0 heterocycles. The number of hydrogen-bond donors (Lipinski definition) is 0. The third-order valence-electron chi connectivity index (χ3n) is 5.08. The summed E-state index contributed by atoms with van der Waals surface area (Å²) < 4.78 is 0. The van der Waals surface area contributed by atoms with E-state index in [2.05, 4.69) is 13.8 Å². The van der Waals surface area contributed by atoms with Crippen molar-refractivity contribution in [2.45, 2.75) is 109 Å². The van der Waals surface area contributed by atoms with Gasteiger partial charge in [-0.05, 0) is 37.5 Å². The molecular formula is C19H37Cl. The van der Waals surface area contributed by atoms with E-state index in [4.69, 9.17) is 11.6 Å². The van der Waals surface area contributed by atoms with Gasteiger partial charge < -0.3 is 0 Å². The maximum Gasteiger partial charge on any atom is 0.0364 e. The van der Waals surface area contributed by atoms with Crippen molar-refractivity contribution < 1.29 is 0 Å². The molecule has 0 bridgehead atoms. The highest BCUT2D eigenvalue weighted by molar-refractivity contribution is 6.20. The molecule has 1 heteroatoms. The van der Waals surface area contributed by atoms with E-state index in [1.165, 1.54) is 89.9 Å². The Morgan fingerprint density at radius 2 is 1.35 bits per heavy atom. The third kappa shape index (κ3) is 8.55. The number of hydrogen-bond acceptors (Lipinski definition) is 0. The second-order valence-electron chi connectivity index (χ2n) is 7.16. The second kappa shape index (κ2) is 11.9. The summed E-state index contributed by atoms with van der Waals surface area (Å²) in [5.41, 5.74) is 0. The Balaban J connectivity index is 1.86. The number of halogens is 1. The number of alkyl halides is 1. The predicted molar refractivity (Wildman–Crippen MR) is 92.6 cm³/mol. The Morgan fingerprint density at radius 3 is 1.95 bits per heavy atom. The molecule has 20 heavy (non-hydrogen) atoms. The molecule has 3 atom stereocenters. The Morgan fingerprint density at radius 1 is 0.800 bits per heavy atom. The smallest absolute Gasteiger partial charge is 0.0364 e. The predicted octanol–water partition coefficient (Wildman–Crippen LogP) is 7.34. The lowest BCUT2D eigenvalue weighted by Gasteiger charge is -2.31. The summed E-state index contributed by atoms with van der Waals surface area (Å²) in [4.78, 5) is 0. The van der Waals surface area contributed by atoms with Gasteiger partial charge in [-0.1, -0.05) is 78.1 Å². The van der Waals surface area contributed by atoms with Crippen LogP contribution in [0.5, 0.6) is 0 Å². The maximum atomic E-state index is 6.47. The molecule has 0 aromatic heterocycles. The molecule has 0 spiro atoms. The average molecular weight is 301 g/mol. The zero-order chi connectivity index (χ0) is 14.6. The average Bonchev–Trinajstić information content (AvgIpc) is 2.44. The highest BCUT2D eigenvalue weighted by atomic mass is 35.5. The minimum Gasteiger partial charge on any atom is -0.123 e. The quantitative estimate of drug-likeness (QED) is 0.276. The molecule has 1 rings (SSSR count). The second-order valence-corrected chi connectivity index (χ2v) is 7.73. The highest BCUT2D eigenvalue weighted by Gasteiger charge is 2.26. The van der Waals surface area contributed by atoms with Gasteiger partial charge in [-0.2, -0.15) is 0 Å². The topological polar surface area (TPSA) is 0 Å². The van der Waals surface area contributed by atoms with E-state index >= 15 is 0 Å². The Kier molecular flexibility index (Phi) is 10.9. The summed E-state index contributed by atoms with van der Waals surface area (Å²) >= 11 is 6.47. The van der Waals surface area contributed by atoms with Gasteiger partial charge in [0.1, 0.15) is 0 Å². The Bertz CT molecular complexity index is 214. The van der Waals surface area contributed by atoms with Crippen LogP contribution in [-0.4, -0.2) is 5.38 Å². The van der Waals surface area contributed by atoms with E-state index in [-0.39, 0.29) is 0 Å². The van der Waals surface area contributed by atoms with Gasteiger partial charge in [-0.3, -0.25) is 0 Å². The summed E-state index contributed by atoms with van der Waals surface area (Å²) in [6, 6.07) is 0. The van der Waals surface area contributed by atoms with Gasteiger partial charge >= 0.3 is 0 Å². The zero-order valence-corrected chi connectivity index (χ0v) is 14.8. The molecule has 0 N–H and O–H groups in total. The molecule has 0 nitrogen and oxygen atoms in total. The van der Waals surface area contributed by atoms with Gasteiger partial charge in [0.15, 0.2) is 0 Å². The van der Waals surface area contributed by atoms with Crippen LogP contribution in [0, 0.1) is 11.8 Å². The Hall–Kier alpha value is 0.290. The molecule has 0 radical (unpaired) electrons. The fourth-order valence-corrected chi connectivity index (χ4v) is 4.01. The summed E-state index contributed by atoms with van der Waals surface area (Å²) in [6.07, 6.45) is 19.7. The normalized spacial score (nSPS) is 26.9. The molecular weight excluding hydrogens is 264 g/mol. The van der Waals surface area contributed by atoms with Crippen molar-refractivity contribution in [1.29, 1.82) is 0 Å². The summed E-state index contributed by atoms with van der Waals surface area (Å²) in [5.74, 6) is 1.73. The van der Waals surface area contributed by atoms with Crippen molar-refractivity contribution in [3.05, 3.63) is 0 Å². The van der Waals surface area contributed by atoms with Crippen molar-refractivity contribution in [1.82, 2.24) is 0 Å². The lowest BCUT2D eigenvalue weighted by atomic mass is 9.79. The monoisotopic (exact) mass is 300 g/mol. The maximum absolute atomic E-state index is 6.47. The minimum atomic E-state index is 0.477. The minimum absolute atomic E-state index is 0.477. The van der Waals surface area contributed by atoms with Crippen LogP contribution < -0.4 is 0 Å². The van der Waals surface area contributed by atoms with Gasteiger partial charge in [0.05, 0.1) is 0 Å². The van der Waals surface area contributed by atoms with Crippen LogP contribution in [0.3, 0.4) is 0 Å². The van der Waals surface area contributed by atoms with Gasteiger partial charge in [0.25, 0.3) is 0 Å². The Labute approximate surface area is 133 Å². The van der Waals surface area contributed by atoms with Gasteiger partial charge in [-0.25, -0.2) is 0 Å². The first-order chi connectivity index (χ1) is 9.74. The van der Waals surface area contributed by atoms with Crippen molar-refractivity contribution >= 4 is 11.6 Å². The lowest BCUT2D eigenvalue weighted by Crippen LogP contribution is -2.24. The molecule has 0 saturated heterocycles. The van der Waals surface area contributed by atoms with Crippen LogP contribution in [0.25, 0.3) is 0 Å². The molecule has 1 aliphatic carbocycles. The fourth-order valence-electron chi connectivity index (χ4n) is 3.65. The largest absolute Gasteiger partial charge is 0.123 e. The summed E-state index contributed by atoms with van der Waals surface area (Å²) in [5, 5.41) is 0.477. The van der Waals surface area contributed by atoms with E-state index in [0.29, 0.717) is 5.38 Å². The van der Waals surface area contributed by atoms with E-state index < -0.39 is 0 Å². The summed E-state index contributed by atoms with van der Waals surface area (Å²) in [6.45, 7) is 4.69. The lowest BCUT2D eigenvalue weighted by molar-refractivity contribution is 0.269. The molecule has 3 unspecified atom stereocenters. The molecule has 1 fully saturated rings. The third-order valence-corrected chi connectivity index (χ3v) is 5.65. The SMILES string of the molecule is CCCCCCCCCCCCC1CC(C)CCC1Cl. The first-order valence-electron chi connectivity index (χ1n) is 9.38. The van der Waals surface area contributed by atoms with Gasteiger partial charge in [0.2, 0.25) is 0 Å². The van der Waals surface area contributed by atoms with E-state index in [9.17, 15) is 0 Å². The standard InChI is InChI=1S/C19H37Cl/c1-3-4-5-6-7-8-9-10-11-12-13-18-16-17(2)14-15-19(18)20/h17-19H,3-16H2,1-2H3. The van der Waals surface area contributed by atoms with Crippen LogP contribution in [0.2, 0.25) is 0 Å². The van der Waals surface area contributed by atoms with Crippen molar-refractivity contribution in [3.8, 4) is 0 Å². The number of rotatable bonds is 11. The fraction of sp³-hybridized carbons (Fsp3) is 1.00. The highest BCUT2D eigenvalue weighted by Crippen LogP contribution is 2.35. The van der Waals surface area contributed by atoms with Crippen molar-refractivity contribution in [2.24, 2.45) is 11.8 Å². The van der Waals surface area contributed by atoms with E-state index in [1.807, 2.05) is 0 Å². The van der Waals surface area contributed by atoms with E-state index in [1.54, 1.807) is 0 Å². The molecule has 0 aromatic rings. The molecule has 0 aliphatic heterocycles.